The van der Waals surface area contributed by atoms with Gasteiger partial charge in [-0.05, 0) is 29.8 Å². The minimum atomic E-state index is -1.65. The summed E-state index contributed by atoms with van der Waals surface area (Å²) in [7, 11) is 0. The van der Waals surface area contributed by atoms with Crippen LogP contribution in [-0.4, -0.2) is 22.3 Å². The van der Waals surface area contributed by atoms with E-state index in [9.17, 15) is 18.0 Å². The number of nitrogens with zero attached hydrogens (tertiary/aromatic N) is 2. The van der Waals surface area contributed by atoms with Gasteiger partial charge in [0, 0.05) is 31.4 Å². The number of benzene rings is 2. The van der Waals surface area contributed by atoms with E-state index in [0.717, 1.165) is 23.4 Å². The largest absolute Gasteiger partial charge is 0.334 e. The van der Waals surface area contributed by atoms with Crippen LogP contribution >= 0.6 is 0 Å². The Kier molecular flexibility index (Phi) is 5.86. The highest BCUT2D eigenvalue weighted by Gasteiger charge is 2.23. The summed E-state index contributed by atoms with van der Waals surface area (Å²) < 4.78 is 40.9. The summed E-state index contributed by atoms with van der Waals surface area (Å²) in [4.78, 5) is 18.4. The average Bonchev–Trinajstić information content (AvgIpc) is 2.70. The normalized spacial score (nSPS) is 10.6. The SMILES string of the molecule is O=C(c1ccc(F)c(F)c1F)N(CCc1ccccn1)Cc1ccccc1. The van der Waals surface area contributed by atoms with Crippen LogP contribution in [0.15, 0.2) is 66.9 Å². The number of carbonyl (C=O) groups excluding carboxylic acids is 1. The highest BCUT2D eigenvalue weighted by atomic mass is 19.2. The van der Waals surface area contributed by atoms with Crippen molar-refractivity contribution in [1.82, 2.24) is 9.88 Å². The summed E-state index contributed by atoms with van der Waals surface area (Å²) in [6.07, 6.45) is 2.10. The maximum atomic E-state index is 14.1. The minimum Gasteiger partial charge on any atom is -0.334 e. The molecule has 0 aliphatic rings. The molecule has 0 saturated carbocycles. The summed E-state index contributed by atoms with van der Waals surface area (Å²) in [6.45, 7) is 0.466. The molecule has 0 saturated heterocycles. The predicted octanol–water partition coefficient (Wildman–Crippen LogP) is 4.38. The molecule has 0 N–H and O–H groups in total. The second kappa shape index (κ2) is 8.49. The lowest BCUT2D eigenvalue weighted by molar-refractivity contribution is 0.0738. The maximum absolute atomic E-state index is 14.1. The first-order chi connectivity index (χ1) is 13.1. The molecule has 3 aromatic rings. The molecule has 0 atom stereocenters. The van der Waals surface area contributed by atoms with Crippen LogP contribution in [0.3, 0.4) is 0 Å². The lowest BCUT2D eigenvalue weighted by Crippen LogP contribution is -2.33. The van der Waals surface area contributed by atoms with Crippen LogP contribution in [0.1, 0.15) is 21.6 Å². The van der Waals surface area contributed by atoms with Crippen molar-refractivity contribution in [3.63, 3.8) is 0 Å². The lowest BCUT2D eigenvalue weighted by Gasteiger charge is -2.23. The molecular weight excluding hydrogens is 353 g/mol. The van der Waals surface area contributed by atoms with E-state index in [4.69, 9.17) is 0 Å². The van der Waals surface area contributed by atoms with Gasteiger partial charge in [-0.1, -0.05) is 36.4 Å². The molecule has 6 heteroatoms. The van der Waals surface area contributed by atoms with Gasteiger partial charge in [0.15, 0.2) is 17.5 Å². The topological polar surface area (TPSA) is 33.2 Å². The third-order valence-corrected chi connectivity index (χ3v) is 4.13. The molecule has 3 nitrogen and oxygen atoms in total. The van der Waals surface area contributed by atoms with Crippen molar-refractivity contribution < 1.29 is 18.0 Å². The fourth-order valence-corrected chi connectivity index (χ4v) is 2.71. The van der Waals surface area contributed by atoms with Gasteiger partial charge in [0.2, 0.25) is 0 Å². The molecule has 138 valence electrons. The second-order valence-corrected chi connectivity index (χ2v) is 6.01. The van der Waals surface area contributed by atoms with E-state index in [1.165, 1.54) is 4.90 Å². The van der Waals surface area contributed by atoms with Crippen molar-refractivity contribution >= 4 is 5.91 Å². The molecular formula is C21H17F3N2O. The van der Waals surface area contributed by atoms with E-state index >= 15 is 0 Å². The van der Waals surface area contributed by atoms with Gasteiger partial charge < -0.3 is 4.90 Å². The molecule has 1 aromatic heterocycles. The summed E-state index contributed by atoms with van der Waals surface area (Å²) in [5.74, 6) is -5.15. The highest BCUT2D eigenvalue weighted by Crippen LogP contribution is 2.18. The lowest BCUT2D eigenvalue weighted by atomic mass is 10.1. The molecule has 3 rings (SSSR count). The third-order valence-electron chi connectivity index (χ3n) is 4.13. The number of aromatic nitrogens is 1. The summed E-state index contributed by atoms with van der Waals surface area (Å²) in [6, 6.07) is 16.3. The van der Waals surface area contributed by atoms with Crippen LogP contribution in [0.5, 0.6) is 0 Å². The Morgan fingerprint density at radius 1 is 0.889 bits per heavy atom. The van der Waals surface area contributed by atoms with Crippen molar-refractivity contribution in [2.75, 3.05) is 6.54 Å². The second-order valence-electron chi connectivity index (χ2n) is 6.01. The molecule has 2 aromatic carbocycles. The number of rotatable bonds is 6. The van der Waals surface area contributed by atoms with Crippen molar-refractivity contribution in [1.29, 1.82) is 0 Å². The number of pyridine rings is 1. The van der Waals surface area contributed by atoms with Crippen LogP contribution in [0.25, 0.3) is 0 Å². The van der Waals surface area contributed by atoms with Crippen LogP contribution < -0.4 is 0 Å². The van der Waals surface area contributed by atoms with Crippen LogP contribution in [-0.2, 0) is 13.0 Å². The van der Waals surface area contributed by atoms with E-state index in [0.29, 0.717) is 6.42 Å². The van der Waals surface area contributed by atoms with Gasteiger partial charge >= 0.3 is 0 Å². The Morgan fingerprint density at radius 2 is 1.63 bits per heavy atom. The zero-order valence-corrected chi connectivity index (χ0v) is 14.4. The first-order valence-electron chi connectivity index (χ1n) is 8.43. The number of hydrogen-bond acceptors (Lipinski definition) is 2. The van der Waals surface area contributed by atoms with Gasteiger partial charge in [0.1, 0.15) is 0 Å². The van der Waals surface area contributed by atoms with Crippen LogP contribution in [0, 0.1) is 17.5 Å². The summed E-state index contributed by atoms with van der Waals surface area (Å²) in [5.41, 5.74) is 1.12. The number of halogens is 3. The first-order valence-corrected chi connectivity index (χ1v) is 8.43. The smallest absolute Gasteiger partial charge is 0.257 e. The van der Waals surface area contributed by atoms with Gasteiger partial charge in [-0.2, -0.15) is 0 Å². The third kappa shape index (κ3) is 4.53. The molecule has 0 unspecified atom stereocenters. The molecule has 0 aliphatic carbocycles. The Labute approximate surface area is 155 Å². The Bertz CT molecular complexity index is 917. The van der Waals surface area contributed by atoms with Crippen molar-refractivity contribution in [3.8, 4) is 0 Å². The zero-order chi connectivity index (χ0) is 19.2. The Morgan fingerprint density at radius 3 is 2.33 bits per heavy atom. The zero-order valence-electron chi connectivity index (χ0n) is 14.4. The molecule has 0 spiro atoms. The highest BCUT2D eigenvalue weighted by molar-refractivity contribution is 5.94. The van der Waals surface area contributed by atoms with Crippen LogP contribution in [0.4, 0.5) is 13.2 Å². The quantitative estimate of drug-likeness (QED) is 0.603. The molecule has 0 aliphatic heterocycles. The number of amides is 1. The van der Waals surface area contributed by atoms with Gasteiger partial charge in [-0.15, -0.1) is 0 Å². The summed E-state index contributed by atoms with van der Waals surface area (Å²) in [5, 5.41) is 0. The van der Waals surface area contributed by atoms with Crippen LogP contribution in [0.2, 0.25) is 0 Å². The number of hydrogen-bond donors (Lipinski definition) is 0. The Balaban J connectivity index is 1.86. The average molecular weight is 370 g/mol. The first kappa shape index (κ1) is 18.6. The molecule has 0 fully saturated rings. The van der Waals surface area contributed by atoms with Crippen molar-refractivity contribution in [2.24, 2.45) is 0 Å². The van der Waals surface area contributed by atoms with Crippen molar-refractivity contribution in [2.45, 2.75) is 13.0 Å². The predicted molar refractivity (Wildman–Crippen MR) is 95.4 cm³/mol. The van der Waals surface area contributed by atoms with Gasteiger partial charge in [-0.25, -0.2) is 13.2 Å². The van der Waals surface area contributed by atoms with E-state index in [1.807, 2.05) is 42.5 Å². The molecule has 1 amide bonds. The van der Waals surface area contributed by atoms with E-state index in [-0.39, 0.29) is 13.1 Å². The standard InChI is InChI=1S/C21H17F3N2O/c22-18-10-9-17(19(23)20(18)24)21(27)26(14-15-6-2-1-3-7-15)13-11-16-8-4-5-12-25-16/h1-10,12H,11,13-14H2. The minimum absolute atomic E-state index is 0.213. The monoisotopic (exact) mass is 370 g/mol. The van der Waals surface area contributed by atoms with Crippen molar-refractivity contribution in [3.05, 3.63) is 101 Å². The number of carbonyl (C=O) groups is 1. The van der Waals surface area contributed by atoms with Gasteiger partial charge in [-0.3, -0.25) is 9.78 Å². The van der Waals surface area contributed by atoms with E-state index < -0.39 is 28.9 Å². The van der Waals surface area contributed by atoms with E-state index in [1.54, 1.807) is 12.3 Å². The van der Waals surface area contributed by atoms with E-state index in [2.05, 4.69) is 4.98 Å². The Hall–Kier alpha value is -3.15. The molecule has 1 heterocycles. The fraction of sp³-hybridized carbons (Fsp3) is 0.143. The maximum Gasteiger partial charge on any atom is 0.257 e. The van der Waals surface area contributed by atoms with Gasteiger partial charge in [0.05, 0.1) is 5.56 Å². The molecule has 0 bridgehead atoms. The molecule has 0 radical (unpaired) electrons. The summed E-state index contributed by atoms with van der Waals surface area (Å²) >= 11 is 0. The molecule has 27 heavy (non-hydrogen) atoms. The van der Waals surface area contributed by atoms with Gasteiger partial charge in [0.25, 0.3) is 5.91 Å². The fourth-order valence-electron chi connectivity index (χ4n) is 2.71.